The number of carbonyl (C=O) groups excluding carboxylic acids is 1. The Morgan fingerprint density at radius 3 is 2.71 bits per heavy atom. The second-order valence-electron chi connectivity index (χ2n) is 6.28. The summed E-state index contributed by atoms with van der Waals surface area (Å²) in [6, 6.07) is 10.5. The van der Waals surface area contributed by atoms with Gasteiger partial charge in [0, 0.05) is 43.2 Å². The van der Waals surface area contributed by atoms with Crippen molar-refractivity contribution in [3.05, 3.63) is 57.5 Å². The van der Waals surface area contributed by atoms with Crippen LogP contribution in [0.3, 0.4) is 0 Å². The Morgan fingerprint density at radius 2 is 2.00 bits per heavy atom. The second kappa shape index (κ2) is 8.39. The van der Waals surface area contributed by atoms with E-state index in [1.54, 1.807) is 50.4 Å². The van der Waals surface area contributed by atoms with Crippen molar-refractivity contribution < 1.29 is 18.7 Å². The van der Waals surface area contributed by atoms with Crippen LogP contribution in [0.25, 0.3) is 11.1 Å². The Labute approximate surface area is 167 Å². The average molecular weight is 405 g/mol. The second-order valence-corrected chi connectivity index (χ2v) is 6.72. The molecule has 28 heavy (non-hydrogen) atoms. The number of hydrogen-bond donors (Lipinski definition) is 0. The molecule has 1 amide bonds. The molecule has 2 aromatic carbocycles. The molecule has 0 aliphatic heterocycles. The molecule has 1 aromatic heterocycles. The van der Waals surface area contributed by atoms with Crippen LogP contribution in [0.5, 0.6) is 11.5 Å². The highest BCUT2D eigenvalue weighted by Gasteiger charge is 2.16. The van der Waals surface area contributed by atoms with Crippen LogP contribution < -0.4 is 15.2 Å². The minimum Gasteiger partial charge on any atom is -0.493 e. The first-order valence-corrected chi connectivity index (χ1v) is 9.05. The Kier molecular flexibility index (Phi) is 5.94. The van der Waals surface area contributed by atoms with Gasteiger partial charge in [-0.2, -0.15) is 0 Å². The lowest BCUT2D eigenvalue weighted by Gasteiger charge is -2.20. The monoisotopic (exact) mass is 404 g/mol. The summed E-state index contributed by atoms with van der Waals surface area (Å²) in [5.74, 6) is 0.580. The third-order valence-electron chi connectivity index (χ3n) is 4.50. The number of ether oxygens (including phenoxy) is 2. The van der Waals surface area contributed by atoms with Crippen molar-refractivity contribution >= 4 is 28.6 Å². The number of amides is 1. The van der Waals surface area contributed by atoms with E-state index in [1.807, 2.05) is 12.1 Å². The number of hydrogen-bond acceptors (Lipinski definition) is 5. The molecular weight excluding hydrogens is 384 g/mol. The minimum atomic E-state index is -0.512. The van der Waals surface area contributed by atoms with Gasteiger partial charge in [-0.1, -0.05) is 23.7 Å². The van der Waals surface area contributed by atoms with Crippen molar-refractivity contribution in [1.82, 2.24) is 9.47 Å². The number of rotatable bonds is 7. The van der Waals surface area contributed by atoms with Crippen LogP contribution >= 0.6 is 11.6 Å². The van der Waals surface area contributed by atoms with Crippen LogP contribution in [0, 0.1) is 0 Å². The maximum Gasteiger partial charge on any atom is 0.419 e. The third kappa shape index (κ3) is 3.99. The van der Waals surface area contributed by atoms with Crippen LogP contribution in [0.15, 0.2) is 45.6 Å². The quantitative estimate of drug-likeness (QED) is 0.604. The van der Waals surface area contributed by atoms with Crippen LogP contribution in [0.1, 0.15) is 12.0 Å². The van der Waals surface area contributed by atoms with Gasteiger partial charge in [0.15, 0.2) is 17.1 Å². The van der Waals surface area contributed by atoms with E-state index in [0.717, 1.165) is 5.56 Å². The van der Waals surface area contributed by atoms with Crippen LogP contribution in [-0.4, -0.2) is 36.6 Å². The molecule has 0 saturated carbocycles. The summed E-state index contributed by atoms with van der Waals surface area (Å²) in [7, 11) is 4.83. The lowest BCUT2D eigenvalue weighted by atomic mass is 10.1. The predicted octanol–water partition coefficient (Wildman–Crippen LogP) is 3.31. The predicted molar refractivity (Wildman–Crippen MR) is 106 cm³/mol. The molecule has 7 nitrogen and oxygen atoms in total. The van der Waals surface area contributed by atoms with Crippen molar-refractivity contribution in [2.75, 3.05) is 21.3 Å². The van der Waals surface area contributed by atoms with Crippen LogP contribution in [-0.2, 0) is 17.9 Å². The van der Waals surface area contributed by atoms with E-state index in [4.69, 9.17) is 25.5 Å². The topological polar surface area (TPSA) is 73.9 Å². The highest BCUT2D eigenvalue weighted by molar-refractivity contribution is 6.31. The third-order valence-corrected chi connectivity index (χ3v) is 4.73. The summed E-state index contributed by atoms with van der Waals surface area (Å²) >= 11 is 5.92. The maximum absolute atomic E-state index is 12.6. The van der Waals surface area contributed by atoms with Crippen molar-refractivity contribution in [2.24, 2.45) is 0 Å². The maximum atomic E-state index is 12.6. The average Bonchev–Trinajstić information content (AvgIpc) is 2.99. The Bertz CT molecular complexity index is 1060. The van der Waals surface area contributed by atoms with E-state index in [2.05, 4.69) is 0 Å². The van der Waals surface area contributed by atoms with Crippen LogP contribution in [0.4, 0.5) is 0 Å². The number of fused-ring (bicyclic) bond motifs is 1. The van der Waals surface area contributed by atoms with Gasteiger partial charge in [0.2, 0.25) is 5.91 Å². The molecule has 0 aliphatic carbocycles. The molecule has 0 fully saturated rings. The van der Waals surface area contributed by atoms with Gasteiger partial charge in [-0.05, 0) is 18.2 Å². The molecule has 0 spiro atoms. The van der Waals surface area contributed by atoms with Gasteiger partial charge in [0.25, 0.3) is 0 Å². The van der Waals surface area contributed by atoms with Crippen molar-refractivity contribution in [2.45, 2.75) is 19.5 Å². The van der Waals surface area contributed by atoms with Gasteiger partial charge in [-0.15, -0.1) is 0 Å². The van der Waals surface area contributed by atoms with Gasteiger partial charge in [0.05, 0.1) is 19.7 Å². The zero-order valence-electron chi connectivity index (χ0n) is 15.9. The minimum absolute atomic E-state index is 0.111. The summed E-state index contributed by atoms with van der Waals surface area (Å²) in [6.07, 6.45) is 0.153. The Hall–Kier alpha value is -2.93. The fraction of sp³-hybridized carbons (Fsp3) is 0.300. The fourth-order valence-corrected chi connectivity index (χ4v) is 3.23. The van der Waals surface area contributed by atoms with E-state index in [0.29, 0.717) is 34.2 Å². The molecule has 0 saturated heterocycles. The SMILES string of the molecule is COc1cccc(CN(C)C(=O)CCn2c(=O)oc3cc(Cl)ccc32)c1OC. The highest BCUT2D eigenvalue weighted by atomic mass is 35.5. The molecule has 0 unspecified atom stereocenters. The number of nitrogens with zero attached hydrogens (tertiary/aromatic N) is 2. The summed E-state index contributed by atoms with van der Waals surface area (Å²) < 4.78 is 17.3. The number of para-hydroxylation sites is 1. The van der Waals surface area contributed by atoms with Gasteiger partial charge >= 0.3 is 5.76 Å². The van der Waals surface area contributed by atoms with Crippen molar-refractivity contribution in [3.63, 3.8) is 0 Å². The standard InChI is InChI=1S/C20H21ClN2O5/c1-22(12-13-5-4-6-16(26-2)19(13)27-3)18(24)9-10-23-15-8-7-14(21)11-17(15)28-20(23)25/h4-8,11H,9-10,12H2,1-3H3. The number of halogens is 1. The highest BCUT2D eigenvalue weighted by Crippen LogP contribution is 2.31. The first kappa shape index (κ1) is 19.8. The Morgan fingerprint density at radius 1 is 1.21 bits per heavy atom. The van der Waals surface area contributed by atoms with E-state index in [9.17, 15) is 9.59 Å². The largest absolute Gasteiger partial charge is 0.493 e. The zero-order valence-corrected chi connectivity index (χ0v) is 16.7. The molecule has 0 atom stereocenters. The fourth-order valence-electron chi connectivity index (χ4n) is 3.07. The summed E-state index contributed by atoms with van der Waals surface area (Å²) in [6.45, 7) is 0.571. The normalized spacial score (nSPS) is 10.9. The smallest absolute Gasteiger partial charge is 0.419 e. The van der Waals surface area contributed by atoms with Crippen molar-refractivity contribution in [1.29, 1.82) is 0 Å². The van der Waals surface area contributed by atoms with E-state index in [-0.39, 0.29) is 18.9 Å². The van der Waals surface area contributed by atoms with E-state index >= 15 is 0 Å². The molecule has 0 bridgehead atoms. The number of oxazole rings is 1. The molecule has 0 radical (unpaired) electrons. The van der Waals surface area contributed by atoms with E-state index in [1.165, 1.54) is 4.57 Å². The molecule has 3 rings (SSSR count). The lowest BCUT2D eigenvalue weighted by molar-refractivity contribution is -0.130. The summed E-state index contributed by atoms with van der Waals surface area (Å²) in [5.41, 5.74) is 1.84. The number of benzene rings is 2. The number of aromatic nitrogens is 1. The van der Waals surface area contributed by atoms with Gasteiger partial charge in [-0.3, -0.25) is 9.36 Å². The Balaban J connectivity index is 1.71. The molecule has 8 heteroatoms. The van der Waals surface area contributed by atoms with Crippen molar-refractivity contribution in [3.8, 4) is 11.5 Å². The van der Waals surface area contributed by atoms with Gasteiger partial charge < -0.3 is 18.8 Å². The van der Waals surface area contributed by atoms with Gasteiger partial charge in [0.1, 0.15) is 0 Å². The molecule has 0 N–H and O–H groups in total. The number of methoxy groups -OCH3 is 2. The van der Waals surface area contributed by atoms with Crippen LogP contribution in [0.2, 0.25) is 5.02 Å². The first-order valence-electron chi connectivity index (χ1n) is 8.67. The molecular formula is C20H21ClN2O5. The zero-order chi connectivity index (χ0) is 20.3. The summed E-state index contributed by atoms with van der Waals surface area (Å²) in [4.78, 5) is 26.2. The number of aryl methyl sites for hydroxylation is 1. The lowest BCUT2D eigenvalue weighted by Crippen LogP contribution is -2.28. The summed E-state index contributed by atoms with van der Waals surface area (Å²) in [5, 5.41) is 0.483. The molecule has 148 valence electrons. The molecule has 0 aliphatic rings. The molecule has 3 aromatic rings. The first-order chi connectivity index (χ1) is 13.4. The van der Waals surface area contributed by atoms with E-state index < -0.39 is 5.76 Å². The molecule has 1 heterocycles. The van der Waals surface area contributed by atoms with Gasteiger partial charge in [-0.25, -0.2) is 4.79 Å². The number of carbonyl (C=O) groups is 1.